The van der Waals surface area contributed by atoms with E-state index in [-0.39, 0.29) is 0 Å². The van der Waals surface area contributed by atoms with Crippen molar-refractivity contribution in [3.8, 4) is 23.1 Å². The molecule has 0 unspecified atom stereocenters. The minimum atomic E-state index is 0.633. The quantitative estimate of drug-likeness (QED) is 0.814. The first kappa shape index (κ1) is 11.4. The van der Waals surface area contributed by atoms with E-state index in [1.807, 2.05) is 42.1 Å². The molecule has 90 valence electrons. The molecule has 0 radical (unpaired) electrons. The van der Waals surface area contributed by atoms with Gasteiger partial charge >= 0.3 is 0 Å². The van der Waals surface area contributed by atoms with Gasteiger partial charge in [-0.3, -0.25) is 0 Å². The van der Waals surface area contributed by atoms with Crippen LogP contribution < -0.4 is 14.2 Å². The average Bonchev–Trinajstić information content (AvgIpc) is 2.75. The van der Waals surface area contributed by atoms with Crippen LogP contribution in [0.15, 0.2) is 36.5 Å². The van der Waals surface area contributed by atoms with Crippen molar-refractivity contribution in [3.63, 3.8) is 0 Å². The first-order valence-corrected chi connectivity index (χ1v) is 5.26. The van der Waals surface area contributed by atoms with Crippen LogP contribution in [0.2, 0.25) is 0 Å². The van der Waals surface area contributed by atoms with E-state index in [0.29, 0.717) is 11.5 Å². The zero-order valence-corrected chi connectivity index (χ0v) is 10.1. The molecule has 2 aromatic rings. The zero-order chi connectivity index (χ0) is 12.3. The summed E-state index contributed by atoms with van der Waals surface area (Å²) >= 11 is 0. The monoisotopic (exact) mass is 233 g/mol. The molecule has 1 aromatic carbocycles. The van der Waals surface area contributed by atoms with Crippen LogP contribution >= 0.6 is 0 Å². The lowest BCUT2D eigenvalue weighted by Gasteiger charge is -2.11. The fourth-order valence-electron chi connectivity index (χ4n) is 1.53. The summed E-state index contributed by atoms with van der Waals surface area (Å²) in [5.41, 5.74) is 0. The molecule has 0 aliphatic rings. The smallest absolute Gasteiger partial charge is 0.199 e. The van der Waals surface area contributed by atoms with Crippen molar-refractivity contribution in [2.75, 3.05) is 14.2 Å². The average molecular weight is 233 g/mol. The van der Waals surface area contributed by atoms with Crippen LogP contribution in [0.4, 0.5) is 0 Å². The number of nitrogens with zero attached hydrogens (tertiary/aromatic N) is 1. The second-order valence-electron chi connectivity index (χ2n) is 3.58. The third-order valence-electron chi connectivity index (χ3n) is 2.48. The summed E-state index contributed by atoms with van der Waals surface area (Å²) in [7, 11) is 5.15. The summed E-state index contributed by atoms with van der Waals surface area (Å²) in [5.74, 6) is 2.78. The molecule has 1 heterocycles. The zero-order valence-electron chi connectivity index (χ0n) is 10.1. The minimum absolute atomic E-state index is 0.633. The van der Waals surface area contributed by atoms with Gasteiger partial charge in [0.1, 0.15) is 5.75 Å². The molecule has 1 aromatic heterocycles. The largest absolute Gasteiger partial charge is 0.497 e. The topological polar surface area (TPSA) is 32.6 Å². The number of ether oxygens (including phenoxy) is 3. The molecule has 0 N–H and O–H groups in total. The summed E-state index contributed by atoms with van der Waals surface area (Å²) in [6, 6.07) is 9.25. The Morgan fingerprint density at radius 3 is 2.41 bits per heavy atom. The van der Waals surface area contributed by atoms with Crippen LogP contribution in [0.1, 0.15) is 0 Å². The number of rotatable bonds is 4. The van der Waals surface area contributed by atoms with E-state index in [1.165, 1.54) is 0 Å². The highest BCUT2D eigenvalue weighted by Gasteiger charge is 2.08. The molecular weight excluding hydrogens is 218 g/mol. The van der Waals surface area contributed by atoms with Gasteiger partial charge < -0.3 is 18.8 Å². The molecule has 4 heteroatoms. The predicted molar refractivity (Wildman–Crippen MR) is 65.0 cm³/mol. The Bertz CT molecular complexity index is 505. The van der Waals surface area contributed by atoms with Gasteiger partial charge in [-0.05, 0) is 18.2 Å². The Morgan fingerprint density at radius 2 is 1.82 bits per heavy atom. The van der Waals surface area contributed by atoms with Gasteiger partial charge in [-0.25, -0.2) is 0 Å². The van der Waals surface area contributed by atoms with E-state index in [0.717, 1.165) is 11.6 Å². The van der Waals surface area contributed by atoms with Gasteiger partial charge in [0.2, 0.25) is 0 Å². The summed E-state index contributed by atoms with van der Waals surface area (Å²) in [6.45, 7) is 0. The van der Waals surface area contributed by atoms with Crippen molar-refractivity contribution in [3.05, 3.63) is 36.5 Å². The highest BCUT2D eigenvalue weighted by molar-refractivity contribution is 5.47. The predicted octanol–water partition coefficient (Wildman–Crippen LogP) is 2.83. The first-order chi connectivity index (χ1) is 8.24. The molecule has 4 nitrogen and oxygen atoms in total. The number of benzene rings is 1. The van der Waals surface area contributed by atoms with Gasteiger partial charge in [-0.2, -0.15) is 0 Å². The molecule has 0 aliphatic carbocycles. The summed E-state index contributed by atoms with van der Waals surface area (Å²) in [6.07, 6.45) is 1.92. The summed E-state index contributed by atoms with van der Waals surface area (Å²) < 4.78 is 18.1. The third kappa shape index (κ3) is 2.36. The summed E-state index contributed by atoms with van der Waals surface area (Å²) in [5, 5.41) is 0. The summed E-state index contributed by atoms with van der Waals surface area (Å²) in [4.78, 5) is 0. The van der Waals surface area contributed by atoms with Crippen LogP contribution in [-0.4, -0.2) is 18.8 Å². The van der Waals surface area contributed by atoms with Crippen molar-refractivity contribution in [2.24, 2.45) is 7.05 Å². The normalized spacial score (nSPS) is 10.1. The van der Waals surface area contributed by atoms with Crippen LogP contribution in [0.5, 0.6) is 23.1 Å². The maximum atomic E-state index is 5.77. The lowest BCUT2D eigenvalue weighted by molar-refractivity contribution is 0.362. The number of aryl methyl sites for hydroxylation is 1. The van der Waals surface area contributed by atoms with E-state index in [9.17, 15) is 0 Å². The van der Waals surface area contributed by atoms with Crippen LogP contribution in [-0.2, 0) is 7.05 Å². The highest BCUT2D eigenvalue weighted by Crippen LogP contribution is 2.34. The molecule has 0 aliphatic heterocycles. The number of hydrogen-bond acceptors (Lipinski definition) is 3. The Morgan fingerprint density at radius 1 is 1.00 bits per heavy atom. The van der Waals surface area contributed by atoms with Crippen molar-refractivity contribution >= 4 is 0 Å². The Hall–Kier alpha value is -2.10. The third-order valence-corrected chi connectivity index (χ3v) is 2.48. The maximum Gasteiger partial charge on any atom is 0.199 e. The van der Waals surface area contributed by atoms with Gasteiger partial charge in [-0.15, -0.1) is 0 Å². The molecule has 0 bridgehead atoms. The van der Waals surface area contributed by atoms with Gasteiger partial charge in [0.25, 0.3) is 0 Å². The van der Waals surface area contributed by atoms with Gasteiger partial charge in [-0.1, -0.05) is 0 Å². The van der Waals surface area contributed by atoms with E-state index in [2.05, 4.69) is 0 Å². The standard InChI is InChI=1S/C13H15NO3/c1-14-8-4-5-13(14)17-12-9-10(15-2)6-7-11(12)16-3/h4-9H,1-3H3. The Balaban J connectivity index is 2.33. The van der Waals surface area contributed by atoms with Crippen molar-refractivity contribution in [2.45, 2.75) is 0 Å². The number of methoxy groups -OCH3 is 2. The fraction of sp³-hybridized carbons (Fsp3) is 0.231. The minimum Gasteiger partial charge on any atom is -0.497 e. The van der Waals surface area contributed by atoms with Crippen molar-refractivity contribution in [1.82, 2.24) is 4.57 Å². The molecule has 17 heavy (non-hydrogen) atoms. The number of hydrogen-bond donors (Lipinski definition) is 0. The van der Waals surface area contributed by atoms with E-state index < -0.39 is 0 Å². The number of aromatic nitrogens is 1. The molecule has 0 saturated heterocycles. The Kier molecular flexibility index (Phi) is 3.23. The van der Waals surface area contributed by atoms with Crippen LogP contribution in [0.25, 0.3) is 0 Å². The van der Waals surface area contributed by atoms with Crippen molar-refractivity contribution in [1.29, 1.82) is 0 Å². The van der Waals surface area contributed by atoms with Crippen LogP contribution in [0, 0.1) is 0 Å². The first-order valence-electron chi connectivity index (χ1n) is 5.26. The molecule has 0 spiro atoms. The second kappa shape index (κ2) is 4.82. The molecule has 0 atom stereocenters. The molecule has 2 rings (SSSR count). The maximum absolute atomic E-state index is 5.77. The van der Waals surface area contributed by atoms with Gasteiger partial charge in [0, 0.05) is 25.4 Å². The molecule has 0 saturated carbocycles. The molecular formula is C13H15NO3. The lowest BCUT2D eigenvalue weighted by Crippen LogP contribution is -1.95. The molecule has 0 amide bonds. The van der Waals surface area contributed by atoms with Crippen LogP contribution in [0.3, 0.4) is 0 Å². The van der Waals surface area contributed by atoms with E-state index in [1.54, 1.807) is 20.3 Å². The molecule has 0 fully saturated rings. The lowest BCUT2D eigenvalue weighted by atomic mass is 10.3. The van der Waals surface area contributed by atoms with Gasteiger partial charge in [0.05, 0.1) is 14.2 Å². The Labute approximate surface area is 100 Å². The second-order valence-corrected chi connectivity index (χ2v) is 3.58. The fourth-order valence-corrected chi connectivity index (χ4v) is 1.53. The SMILES string of the molecule is COc1ccc(OC)c(Oc2cccn2C)c1. The van der Waals surface area contributed by atoms with E-state index >= 15 is 0 Å². The van der Waals surface area contributed by atoms with Gasteiger partial charge in [0.15, 0.2) is 17.4 Å². The van der Waals surface area contributed by atoms with Crippen molar-refractivity contribution < 1.29 is 14.2 Å². The highest BCUT2D eigenvalue weighted by atomic mass is 16.5. The van der Waals surface area contributed by atoms with E-state index in [4.69, 9.17) is 14.2 Å².